The van der Waals surface area contributed by atoms with Gasteiger partial charge in [-0.05, 0) is 18.9 Å². The topological polar surface area (TPSA) is 38.8 Å². The highest BCUT2D eigenvalue weighted by Gasteiger charge is 2.27. The largest absolute Gasteiger partial charge is 0.496 e. The number of benzene rings is 1. The molecule has 0 aliphatic carbocycles. The lowest BCUT2D eigenvalue weighted by molar-refractivity contribution is 0.121. The van der Waals surface area contributed by atoms with E-state index in [0.717, 1.165) is 24.2 Å². The minimum absolute atomic E-state index is 0.0291. The van der Waals surface area contributed by atoms with Crippen molar-refractivity contribution in [3.05, 3.63) is 42.1 Å². The van der Waals surface area contributed by atoms with Crippen LogP contribution in [0.1, 0.15) is 24.4 Å². The highest BCUT2D eigenvalue weighted by atomic mass is 16.5. The van der Waals surface area contributed by atoms with Gasteiger partial charge in [0.15, 0.2) is 0 Å². The van der Waals surface area contributed by atoms with Crippen molar-refractivity contribution in [2.24, 2.45) is 0 Å². The van der Waals surface area contributed by atoms with Crippen LogP contribution in [0.5, 0.6) is 5.75 Å². The van der Waals surface area contributed by atoms with E-state index in [1.54, 1.807) is 18.2 Å². The van der Waals surface area contributed by atoms with Crippen LogP contribution in [-0.4, -0.2) is 25.2 Å². The van der Waals surface area contributed by atoms with Crippen LogP contribution < -0.4 is 4.74 Å². The summed E-state index contributed by atoms with van der Waals surface area (Å²) in [5.41, 5.74) is 1.01. The Morgan fingerprint density at radius 1 is 1.33 bits per heavy atom. The molecule has 0 radical (unpaired) electrons. The molecule has 2 rings (SSSR count). The maximum Gasteiger partial charge on any atom is 0.414 e. The highest BCUT2D eigenvalue weighted by Crippen LogP contribution is 2.35. The molecule has 0 saturated heterocycles. The molecule has 0 N–H and O–H groups in total. The van der Waals surface area contributed by atoms with Crippen LogP contribution in [0, 0.1) is 0 Å². The van der Waals surface area contributed by atoms with Gasteiger partial charge in [-0.3, -0.25) is 4.90 Å². The summed E-state index contributed by atoms with van der Waals surface area (Å²) in [6, 6.07) is 7.73. The van der Waals surface area contributed by atoms with Gasteiger partial charge in [-0.1, -0.05) is 24.3 Å². The van der Waals surface area contributed by atoms with Crippen molar-refractivity contribution < 1.29 is 14.3 Å². The van der Waals surface area contributed by atoms with Gasteiger partial charge in [-0.2, -0.15) is 0 Å². The lowest BCUT2D eigenvalue weighted by atomic mass is 9.97. The number of para-hydroxylation sites is 1. The smallest absolute Gasteiger partial charge is 0.414 e. The third-order valence-electron chi connectivity index (χ3n) is 3.09. The van der Waals surface area contributed by atoms with Crippen LogP contribution in [0.15, 0.2) is 36.5 Å². The number of carbonyl (C=O) groups is 1. The predicted octanol–water partition coefficient (Wildman–Crippen LogP) is 3.11. The molecule has 0 saturated carbocycles. The van der Waals surface area contributed by atoms with Crippen LogP contribution >= 0.6 is 0 Å². The molecule has 1 heterocycles. The number of ether oxygens (including phenoxy) is 2. The molecule has 0 bridgehead atoms. The fourth-order valence-corrected chi connectivity index (χ4v) is 2.23. The van der Waals surface area contributed by atoms with E-state index in [-0.39, 0.29) is 12.1 Å². The summed E-state index contributed by atoms with van der Waals surface area (Å²) in [5.74, 6) is 0.798. The number of methoxy groups -OCH3 is 2. The van der Waals surface area contributed by atoms with Gasteiger partial charge in [0, 0.05) is 11.8 Å². The molecule has 96 valence electrons. The Balaban J connectivity index is 2.35. The Morgan fingerprint density at radius 2 is 2.11 bits per heavy atom. The Labute approximate surface area is 107 Å². The standard InChI is InChI=1S/C14H17NO3/c1-17-13-9-4-3-7-11(13)12-8-5-6-10-15(12)14(16)18-2/h3-4,6-7,9-10,12H,5,8H2,1-2H3. The van der Waals surface area contributed by atoms with Gasteiger partial charge >= 0.3 is 6.09 Å². The molecular formula is C14H17NO3. The van der Waals surface area contributed by atoms with E-state index in [1.165, 1.54) is 7.11 Å². The van der Waals surface area contributed by atoms with Gasteiger partial charge in [0.1, 0.15) is 5.75 Å². The number of rotatable bonds is 2. The van der Waals surface area contributed by atoms with Crippen molar-refractivity contribution in [3.8, 4) is 5.75 Å². The number of nitrogens with zero attached hydrogens (tertiary/aromatic N) is 1. The molecule has 0 spiro atoms. The fourth-order valence-electron chi connectivity index (χ4n) is 2.23. The molecule has 1 amide bonds. The summed E-state index contributed by atoms with van der Waals surface area (Å²) in [4.78, 5) is 13.4. The van der Waals surface area contributed by atoms with E-state index in [4.69, 9.17) is 9.47 Å². The molecule has 1 aromatic carbocycles. The Bertz CT molecular complexity index is 456. The van der Waals surface area contributed by atoms with Gasteiger partial charge in [-0.25, -0.2) is 4.79 Å². The SMILES string of the molecule is COC(=O)N1C=CCCC1c1ccccc1OC. The summed E-state index contributed by atoms with van der Waals surface area (Å²) in [6.07, 6.45) is 5.22. The molecule has 4 heteroatoms. The first-order chi connectivity index (χ1) is 8.77. The quantitative estimate of drug-likeness (QED) is 0.806. The van der Waals surface area contributed by atoms with Gasteiger partial charge in [0.05, 0.1) is 20.3 Å². The first kappa shape index (κ1) is 12.5. The zero-order chi connectivity index (χ0) is 13.0. The number of allylic oxidation sites excluding steroid dienone is 1. The zero-order valence-electron chi connectivity index (χ0n) is 10.6. The normalized spacial score (nSPS) is 18.6. The van der Waals surface area contributed by atoms with Crippen molar-refractivity contribution >= 4 is 6.09 Å². The maximum atomic E-state index is 11.8. The van der Waals surface area contributed by atoms with Crippen molar-refractivity contribution in [2.45, 2.75) is 18.9 Å². The van der Waals surface area contributed by atoms with Crippen LogP contribution in [0.25, 0.3) is 0 Å². The molecule has 1 aromatic rings. The van der Waals surface area contributed by atoms with E-state index in [9.17, 15) is 4.79 Å². The van der Waals surface area contributed by atoms with Gasteiger partial charge in [-0.15, -0.1) is 0 Å². The van der Waals surface area contributed by atoms with Crippen molar-refractivity contribution in [1.82, 2.24) is 4.90 Å². The summed E-state index contributed by atoms with van der Waals surface area (Å²) in [6.45, 7) is 0. The molecule has 0 aromatic heterocycles. The van der Waals surface area contributed by atoms with Crippen molar-refractivity contribution in [3.63, 3.8) is 0 Å². The van der Waals surface area contributed by atoms with E-state index in [1.807, 2.05) is 30.3 Å². The molecular weight excluding hydrogens is 230 g/mol. The molecule has 1 unspecified atom stereocenters. The minimum Gasteiger partial charge on any atom is -0.496 e. The molecule has 1 aliphatic heterocycles. The van der Waals surface area contributed by atoms with Crippen molar-refractivity contribution in [2.75, 3.05) is 14.2 Å². The van der Waals surface area contributed by atoms with Crippen LogP contribution in [0.3, 0.4) is 0 Å². The average Bonchev–Trinajstić information content (AvgIpc) is 2.46. The maximum absolute atomic E-state index is 11.8. The fraction of sp³-hybridized carbons (Fsp3) is 0.357. The van der Waals surface area contributed by atoms with Crippen LogP contribution in [0.2, 0.25) is 0 Å². The molecule has 1 atom stereocenters. The number of carbonyl (C=O) groups excluding carboxylic acids is 1. The van der Waals surface area contributed by atoms with E-state index in [0.29, 0.717) is 0 Å². The third kappa shape index (κ3) is 2.32. The average molecular weight is 247 g/mol. The number of hydrogen-bond acceptors (Lipinski definition) is 3. The Morgan fingerprint density at radius 3 is 2.83 bits per heavy atom. The molecule has 0 fully saturated rings. The number of hydrogen-bond donors (Lipinski definition) is 0. The van der Waals surface area contributed by atoms with E-state index < -0.39 is 0 Å². The summed E-state index contributed by atoms with van der Waals surface area (Å²) >= 11 is 0. The second-order valence-electron chi connectivity index (χ2n) is 4.10. The highest BCUT2D eigenvalue weighted by molar-refractivity contribution is 5.70. The molecule has 18 heavy (non-hydrogen) atoms. The Kier molecular flexibility index (Phi) is 3.87. The summed E-state index contributed by atoms with van der Waals surface area (Å²) in [5, 5.41) is 0. The minimum atomic E-state index is -0.346. The van der Waals surface area contributed by atoms with Crippen molar-refractivity contribution in [1.29, 1.82) is 0 Å². The first-order valence-electron chi connectivity index (χ1n) is 5.93. The molecule has 4 nitrogen and oxygen atoms in total. The van der Waals surface area contributed by atoms with E-state index >= 15 is 0 Å². The second-order valence-corrected chi connectivity index (χ2v) is 4.10. The van der Waals surface area contributed by atoms with E-state index in [2.05, 4.69) is 0 Å². The summed E-state index contributed by atoms with van der Waals surface area (Å²) in [7, 11) is 3.03. The third-order valence-corrected chi connectivity index (χ3v) is 3.09. The first-order valence-corrected chi connectivity index (χ1v) is 5.93. The predicted molar refractivity (Wildman–Crippen MR) is 68.4 cm³/mol. The van der Waals surface area contributed by atoms with Gasteiger partial charge < -0.3 is 9.47 Å². The van der Waals surface area contributed by atoms with Gasteiger partial charge in [0.25, 0.3) is 0 Å². The second kappa shape index (κ2) is 5.58. The lowest BCUT2D eigenvalue weighted by Crippen LogP contribution is -2.32. The van der Waals surface area contributed by atoms with Gasteiger partial charge in [0.2, 0.25) is 0 Å². The Hall–Kier alpha value is -1.97. The zero-order valence-corrected chi connectivity index (χ0v) is 10.6. The summed E-state index contributed by atoms with van der Waals surface area (Å²) < 4.78 is 10.2. The monoisotopic (exact) mass is 247 g/mol. The lowest BCUT2D eigenvalue weighted by Gasteiger charge is -2.31. The number of amides is 1. The molecule has 1 aliphatic rings. The van der Waals surface area contributed by atoms with Crippen LogP contribution in [0.4, 0.5) is 4.79 Å². The van der Waals surface area contributed by atoms with Crippen LogP contribution in [-0.2, 0) is 4.74 Å².